The highest BCUT2D eigenvalue weighted by atomic mass is 35.5. The van der Waals surface area contributed by atoms with Crippen molar-refractivity contribution in [1.82, 2.24) is 15.3 Å². The number of alkyl halides is 3. The number of carbonyl (C=O) groups excluding carboxylic acids is 1. The van der Waals surface area contributed by atoms with Crippen molar-refractivity contribution in [2.24, 2.45) is 0 Å². The molecule has 4 aromatic rings. The summed E-state index contributed by atoms with van der Waals surface area (Å²) in [6, 6.07) is 21.2. The Bertz CT molecular complexity index is 1540. The molecule has 2 aromatic heterocycles. The summed E-state index contributed by atoms with van der Waals surface area (Å²) < 4.78 is 37.6. The highest BCUT2D eigenvalue weighted by Crippen LogP contribution is 2.27. The number of aryl methyl sites for hydroxylation is 1. The molecule has 0 spiro atoms. The van der Waals surface area contributed by atoms with Crippen molar-refractivity contribution in [2.75, 3.05) is 5.32 Å². The Labute approximate surface area is 244 Å². The number of carboxylic acids is 1. The van der Waals surface area contributed by atoms with Crippen molar-refractivity contribution in [3.05, 3.63) is 89.1 Å². The molecule has 12 heteroatoms. The zero-order valence-electron chi connectivity index (χ0n) is 22.5. The zero-order valence-corrected chi connectivity index (χ0v) is 23.2. The van der Waals surface area contributed by atoms with E-state index >= 15 is 0 Å². The number of ether oxygens (including phenoxy) is 1. The number of fused-ring (bicyclic) bond motifs is 1. The number of para-hydroxylation sites is 1. The van der Waals surface area contributed by atoms with Gasteiger partial charge in [0.05, 0.1) is 5.52 Å². The van der Waals surface area contributed by atoms with Crippen LogP contribution in [0.25, 0.3) is 10.9 Å². The first kappa shape index (κ1) is 30.6. The van der Waals surface area contributed by atoms with E-state index in [4.69, 9.17) is 31.2 Å². The lowest BCUT2D eigenvalue weighted by Gasteiger charge is -2.30. The molecule has 0 unspecified atom stereocenters. The molecule has 0 aliphatic heterocycles. The molecule has 0 atom stereocenters. The summed E-state index contributed by atoms with van der Waals surface area (Å²) in [5.41, 5.74) is 2.63. The van der Waals surface area contributed by atoms with Crippen LogP contribution in [0, 0.1) is 6.92 Å². The lowest BCUT2D eigenvalue weighted by atomic mass is 9.91. The number of hydrogen-bond donors (Lipinski definition) is 3. The summed E-state index contributed by atoms with van der Waals surface area (Å²) >= 11 is 5.95. The summed E-state index contributed by atoms with van der Waals surface area (Å²) in [4.78, 5) is 31.0. The normalized spacial score (nSPS) is 16.6. The van der Waals surface area contributed by atoms with Gasteiger partial charge in [0.2, 0.25) is 5.88 Å². The fourth-order valence-electron chi connectivity index (χ4n) is 4.54. The van der Waals surface area contributed by atoms with Crippen LogP contribution in [0.3, 0.4) is 0 Å². The van der Waals surface area contributed by atoms with Gasteiger partial charge in [-0.1, -0.05) is 29.8 Å². The summed E-state index contributed by atoms with van der Waals surface area (Å²) in [7, 11) is 0. The minimum Gasteiger partial charge on any atom is -0.475 e. The first-order valence-electron chi connectivity index (χ1n) is 13.1. The van der Waals surface area contributed by atoms with Gasteiger partial charge in [-0.25, -0.2) is 14.8 Å². The van der Waals surface area contributed by atoms with Crippen LogP contribution in [0.4, 0.5) is 19.0 Å². The van der Waals surface area contributed by atoms with Crippen LogP contribution in [-0.4, -0.2) is 45.2 Å². The van der Waals surface area contributed by atoms with Gasteiger partial charge in [-0.15, -0.1) is 0 Å². The van der Waals surface area contributed by atoms with Crippen molar-refractivity contribution in [1.29, 1.82) is 0 Å². The number of rotatable bonds is 6. The number of aromatic nitrogens is 2. The molecule has 2 aromatic carbocycles. The number of amides is 1. The molecule has 0 bridgehead atoms. The Balaban J connectivity index is 0.000000517. The van der Waals surface area contributed by atoms with E-state index in [0.717, 1.165) is 37.0 Å². The largest absolute Gasteiger partial charge is 0.490 e. The van der Waals surface area contributed by atoms with Crippen LogP contribution in [0.2, 0.25) is 5.02 Å². The van der Waals surface area contributed by atoms with Gasteiger partial charge in [0.25, 0.3) is 5.91 Å². The molecule has 1 aliphatic rings. The highest BCUT2D eigenvalue weighted by molar-refractivity contribution is 6.30. The summed E-state index contributed by atoms with van der Waals surface area (Å²) in [5, 5.41) is 15.7. The molecule has 5 rings (SSSR count). The maximum Gasteiger partial charge on any atom is 0.490 e. The number of benzene rings is 2. The van der Waals surface area contributed by atoms with Gasteiger partial charge in [-0.05, 0) is 86.7 Å². The number of aliphatic carboxylic acids is 1. The smallest absolute Gasteiger partial charge is 0.475 e. The van der Waals surface area contributed by atoms with Crippen molar-refractivity contribution in [3.8, 4) is 11.6 Å². The fraction of sp³-hybridized carbons (Fsp3) is 0.267. The monoisotopic (exact) mass is 600 g/mol. The average Bonchev–Trinajstić information content (AvgIpc) is 2.95. The second kappa shape index (κ2) is 13.5. The van der Waals surface area contributed by atoms with Crippen molar-refractivity contribution >= 4 is 40.2 Å². The predicted octanol–water partition coefficient (Wildman–Crippen LogP) is 7.17. The molecule has 1 aliphatic carbocycles. The number of halogens is 4. The summed E-state index contributed by atoms with van der Waals surface area (Å²) in [6.45, 7) is 2.12. The number of anilines is 1. The molecule has 2 heterocycles. The molecule has 1 fully saturated rings. The predicted molar refractivity (Wildman–Crippen MR) is 153 cm³/mol. The third-order valence-corrected chi connectivity index (χ3v) is 6.88. The first-order valence-corrected chi connectivity index (χ1v) is 13.5. The molecule has 1 saturated carbocycles. The Morgan fingerprint density at radius 2 is 1.62 bits per heavy atom. The highest BCUT2D eigenvalue weighted by Gasteiger charge is 2.38. The van der Waals surface area contributed by atoms with Gasteiger partial charge in [-0.2, -0.15) is 13.2 Å². The van der Waals surface area contributed by atoms with Gasteiger partial charge >= 0.3 is 12.1 Å². The van der Waals surface area contributed by atoms with Gasteiger partial charge in [-0.3, -0.25) is 4.79 Å². The lowest BCUT2D eigenvalue weighted by Crippen LogP contribution is -2.40. The van der Waals surface area contributed by atoms with E-state index in [-0.39, 0.29) is 17.8 Å². The van der Waals surface area contributed by atoms with E-state index in [0.29, 0.717) is 22.4 Å². The average molecular weight is 601 g/mol. The molecule has 220 valence electrons. The second-order valence-corrected chi connectivity index (χ2v) is 10.2. The van der Waals surface area contributed by atoms with Crippen LogP contribution >= 0.6 is 11.6 Å². The minimum absolute atomic E-state index is 0.107. The van der Waals surface area contributed by atoms with E-state index in [9.17, 15) is 18.0 Å². The van der Waals surface area contributed by atoms with Crippen LogP contribution in [-0.2, 0) is 4.79 Å². The summed E-state index contributed by atoms with van der Waals surface area (Å²) in [5.74, 6) is -1.17. The maximum absolute atomic E-state index is 13.0. The number of carbonyl (C=O) groups is 2. The standard InChI is InChI=1S/C28H27ClN4O2.C2HF3O2/c1-18-17-26(33-25-7-3-2-5-23(18)25)31-20-10-12-21(13-11-20)32-27(34)24-6-4-16-30-28(24)35-22-14-8-19(29)9-15-22;3-2(4,5)1(6)7/h2-9,14-17,20-21H,10-13H2,1H3,(H,31,33)(H,32,34);(H,6,7)/t20-,21+;. The van der Waals surface area contributed by atoms with Gasteiger partial charge in [0.15, 0.2) is 0 Å². The van der Waals surface area contributed by atoms with E-state index in [1.54, 1.807) is 42.6 Å². The maximum atomic E-state index is 13.0. The molecule has 42 heavy (non-hydrogen) atoms. The Kier molecular flexibility index (Phi) is 9.84. The minimum atomic E-state index is -5.08. The topological polar surface area (TPSA) is 113 Å². The van der Waals surface area contributed by atoms with Crippen molar-refractivity contribution in [2.45, 2.75) is 50.9 Å². The van der Waals surface area contributed by atoms with Crippen molar-refractivity contribution < 1.29 is 32.6 Å². The van der Waals surface area contributed by atoms with E-state index in [1.807, 2.05) is 18.2 Å². The molecule has 1 amide bonds. The SMILES string of the molecule is Cc1cc(N[C@H]2CC[C@@H](NC(=O)c3cccnc3Oc3ccc(Cl)cc3)CC2)nc2ccccc12.O=C(O)C(F)(F)F. The Morgan fingerprint density at radius 3 is 2.29 bits per heavy atom. The van der Waals surface area contributed by atoms with Crippen LogP contribution in [0.15, 0.2) is 72.9 Å². The third kappa shape index (κ3) is 8.32. The Hall–Kier alpha value is -4.38. The molecule has 0 saturated heterocycles. The number of pyridine rings is 2. The number of hydrogen-bond acceptors (Lipinski definition) is 6. The van der Waals surface area contributed by atoms with Crippen molar-refractivity contribution in [3.63, 3.8) is 0 Å². The molecule has 3 N–H and O–H groups in total. The fourth-order valence-corrected chi connectivity index (χ4v) is 4.66. The van der Waals surface area contributed by atoms with E-state index in [2.05, 4.69) is 34.7 Å². The third-order valence-electron chi connectivity index (χ3n) is 6.62. The molecular weight excluding hydrogens is 573 g/mol. The summed E-state index contributed by atoms with van der Waals surface area (Å²) in [6.07, 6.45) is 0.230. The first-order chi connectivity index (χ1) is 20.0. The molecule has 8 nitrogen and oxygen atoms in total. The number of nitrogens with one attached hydrogen (secondary N) is 2. The van der Waals surface area contributed by atoms with Gasteiger partial charge < -0.3 is 20.5 Å². The number of carboxylic acid groups (broad SMARTS) is 1. The quantitative estimate of drug-likeness (QED) is 0.215. The van der Waals surface area contributed by atoms with Crippen LogP contribution < -0.4 is 15.4 Å². The van der Waals surface area contributed by atoms with Crippen LogP contribution in [0.5, 0.6) is 11.6 Å². The molecular formula is C30H28ClF3N4O4. The van der Waals surface area contributed by atoms with Crippen LogP contribution in [0.1, 0.15) is 41.6 Å². The Morgan fingerprint density at radius 1 is 0.976 bits per heavy atom. The van der Waals surface area contributed by atoms with Gasteiger partial charge in [0.1, 0.15) is 17.1 Å². The zero-order chi connectivity index (χ0) is 30.3. The van der Waals surface area contributed by atoms with Gasteiger partial charge in [0, 0.05) is 28.7 Å². The number of nitrogens with zero attached hydrogens (tertiary/aromatic N) is 2. The molecule has 0 radical (unpaired) electrons. The van der Waals surface area contributed by atoms with E-state index < -0.39 is 12.1 Å². The van der Waals surface area contributed by atoms with E-state index in [1.165, 1.54) is 10.9 Å². The second-order valence-electron chi connectivity index (χ2n) is 9.72. The lowest BCUT2D eigenvalue weighted by molar-refractivity contribution is -0.192.